The van der Waals surface area contributed by atoms with Gasteiger partial charge in [0.25, 0.3) is 0 Å². The lowest BCUT2D eigenvalue weighted by molar-refractivity contribution is 0.0689. The standard InChI is InChI=1S/C13H14N2O2/c1-3-15-12(8-11(14-15)13(16)17)10-7-5-4-6-9(10)2/h4-8H,3H2,1-2H3,(H,16,17). The first-order valence-electron chi connectivity index (χ1n) is 5.50. The Labute approximate surface area is 99.5 Å². The van der Waals surface area contributed by atoms with Crippen molar-refractivity contribution in [3.8, 4) is 11.3 Å². The molecule has 0 amide bonds. The molecule has 0 atom stereocenters. The number of aromatic carboxylic acids is 1. The van der Waals surface area contributed by atoms with Crippen molar-refractivity contribution in [1.82, 2.24) is 9.78 Å². The number of carbonyl (C=O) groups is 1. The molecule has 2 aromatic rings. The molecule has 0 bridgehead atoms. The summed E-state index contributed by atoms with van der Waals surface area (Å²) >= 11 is 0. The summed E-state index contributed by atoms with van der Waals surface area (Å²) < 4.78 is 1.71. The van der Waals surface area contributed by atoms with E-state index in [0.717, 1.165) is 16.8 Å². The summed E-state index contributed by atoms with van der Waals surface area (Å²) in [5.74, 6) is -0.993. The fourth-order valence-corrected chi connectivity index (χ4v) is 1.84. The quantitative estimate of drug-likeness (QED) is 0.881. The maximum absolute atomic E-state index is 10.9. The molecule has 0 radical (unpaired) electrons. The molecule has 0 fully saturated rings. The van der Waals surface area contributed by atoms with Crippen LogP contribution in [0.1, 0.15) is 23.0 Å². The molecule has 0 spiro atoms. The third-order valence-corrected chi connectivity index (χ3v) is 2.72. The molecule has 17 heavy (non-hydrogen) atoms. The smallest absolute Gasteiger partial charge is 0.356 e. The van der Waals surface area contributed by atoms with Crippen molar-refractivity contribution < 1.29 is 9.90 Å². The highest BCUT2D eigenvalue weighted by Gasteiger charge is 2.14. The van der Waals surface area contributed by atoms with Gasteiger partial charge < -0.3 is 5.11 Å². The van der Waals surface area contributed by atoms with Gasteiger partial charge in [0.15, 0.2) is 5.69 Å². The first-order valence-corrected chi connectivity index (χ1v) is 5.50. The van der Waals surface area contributed by atoms with Gasteiger partial charge in [0.2, 0.25) is 0 Å². The molecule has 0 aliphatic heterocycles. The second-order valence-corrected chi connectivity index (χ2v) is 3.85. The summed E-state index contributed by atoms with van der Waals surface area (Å²) in [6.07, 6.45) is 0. The molecule has 0 unspecified atom stereocenters. The van der Waals surface area contributed by atoms with Gasteiger partial charge in [-0.05, 0) is 25.5 Å². The minimum Gasteiger partial charge on any atom is -0.476 e. The van der Waals surface area contributed by atoms with E-state index in [-0.39, 0.29) is 5.69 Å². The Morgan fingerprint density at radius 2 is 2.12 bits per heavy atom. The van der Waals surface area contributed by atoms with E-state index in [2.05, 4.69) is 5.10 Å². The van der Waals surface area contributed by atoms with Gasteiger partial charge in [-0.2, -0.15) is 5.10 Å². The van der Waals surface area contributed by atoms with Crippen LogP contribution in [0.3, 0.4) is 0 Å². The number of carboxylic acid groups (broad SMARTS) is 1. The van der Waals surface area contributed by atoms with Crippen LogP contribution in [0, 0.1) is 6.92 Å². The highest BCUT2D eigenvalue weighted by Crippen LogP contribution is 2.24. The van der Waals surface area contributed by atoms with Crippen LogP contribution in [0.5, 0.6) is 0 Å². The van der Waals surface area contributed by atoms with E-state index in [1.54, 1.807) is 10.7 Å². The normalized spacial score (nSPS) is 10.5. The summed E-state index contributed by atoms with van der Waals surface area (Å²) in [5.41, 5.74) is 3.07. The van der Waals surface area contributed by atoms with E-state index >= 15 is 0 Å². The number of benzene rings is 1. The van der Waals surface area contributed by atoms with Crippen molar-refractivity contribution in [2.45, 2.75) is 20.4 Å². The van der Waals surface area contributed by atoms with Gasteiger partial charge in [0, 0.05) is 12.1 Å². The average molecular weight is 230 g/mol. The Bertz CT molecular complexity index is 558. The lowest BCUT2D eigenvalue weighted by Crippen LogP contribution is -2.02. The Morgan fingerprint density at radius 1 is 1.41 bits per heavy atom. The SMILES string of the molecule is CCn1nc(C(=O)O)cc1-c1ccccc1C. The molecule has 2 rings (SSSR count). The molecular formula is C13H14N2O2. The third kappa shape index (κ3) is 2.06. The van der Waals surface area contributed by atoms with Crippen LogP contribution >= 0.6 is 0 Å². The maximum atomic E-state index is 10.9. The summed E-state index contributed by atoms with van der Waals surface area (Å²) in [7, 11) is 0. The summed E-state index contributed by atoms with van der Waals surface area (Å²) in [4.78, 5) is 10.9. The lowest BCUT2D eigenvalue weighted by atomic mass is 10.1. The van der Waals surface area contributed by atoms with Gasteiger partial charge in [-0.15, -0.1) is 0 Å². The Morgan fingerprint density at radius 3 is 2.71 bits per heavy atom. The van der Waals surface area contributed by atoms with E-state index in [9.17, 15) is 4.79 Å². The van der Waals surface area contributed by atoms with Crippen molar-refractivity contribution in [2.24, 2.45) is 0 Å². The van der Waals surface area contributed by atoms with E-state index in [1.165, 1.54) is 0 Å². The van der Waals surface area contributed by atoms with E-state index in [0.29, 0.717) is 6.54 Å². The van der Waals surface area contributed by atoms with Crippen LogP contribution in [0.4, 0.5) is 0 Å². The largest absolute Gasteiger partial charge is 0.476 e. The van der Waals surface area contributed by atoms with Crippen LogP contribution in [0.15, 0.2) is 30.3 Å². The van der Waals surface area contributed by atoms with E-state index in [1.807, 2.05) is 38.1 Å². The molecule has 1 heterocycles. The van der Waals surface area contributed by atoms with Crippen LogP contribution in [0.2, 0.25) is 0 Å². The van der Waals surface area contributed by atoms with Crippen molar-refractivity contribution in [2.75, 3.05) is 0 Å². The molecule has 4 heteroatoms. The number of hydrogen-bond donors (Lipinski definition) is 1. The lowest BCUT2D eigenvalue weighted by Gasteiger charge is -2.07. The number of hydrogen-bond acceptors (Lipinski definition) is 2. The van der Waals surface area contributed by atoms with Crippen molar-refractivity contribution in [1.29, 1.82) is 0 Å². The molecule has 1 aromatic heterocycles. The van der Waals surface area contributed by atoms with E-state index < -0.39 is 5.97 Å². The minimum absolute atomic E-state index is 0.0881. The van der Waals surface area contributed by atoms with Gasteiger partial charge in [0.1, 0.15) is 0 Å². The Balaban J connectivity index is 2.59. The van der Waals surface area contributed by atoms with Gasteiger partial charge in [0.05, 0.1) is 5.69 Å². The summed E-state index contributed by atoms with van der Waals surface area (Å²) in [6, 6.07) is 9.50. The van der Waals surface area contributed by atoms with Gasteiger partial charge in [-0.1, -0.05) is 24.3 Å². The fraction of sp³-hybridized carbons (Fsp3) is 0.231. The Hall–Kier alpha value is -2.10. The average Bonchev–Trinajstić information content (AvgIpc) is 2.73. The van der Waals surface area contributed by atoms with Crippen LogP contribution in [-0.2, 0) is 6.54 Å². The second-order valence-electron chi connectivity index (χ2n) is 3.85. The highest BCUT2D eigenvalue weighted by atomic mass is 16.4. The Kier molecular flexibility index (Phi) is 2.95. The first-order chi connectivity index (χ1) is 8.13. The number of rotatable bonds is 3. The monoisotopic (exact) mass is 230 g/mol. The molecule has 4 nitrogen and oxygen atoms in total. The molecule has 0 saturated carbocycles. The van der Waals surface area contributed by atoms with Gasteiger partial charge in [-0.25, -0.2) is 4.79 Å². The van der Waals surface area contributed by atoms with Crippen LogP contribution in [-0.4, -0.2) is 20.9 Å². The molecule has 1 aromatic carbocycles. The number of carboxylic acids is 1. The first kappa shape index (κ1) is 11.4. The van der Waals surface area contributed by atoms with Crippen molar-refractivity contribution in [3.63, 3.8) is 0 Å². The predicted molar refractivity (Wildman–Crippen MR) is 65.0 cm³/mol. The molecule has 0 aliphatic carbocycles. The van der Waals surface area contributed by atoms with Gasteiger partial charge in [-0.3, -0.25) is 4.68 Å². The molecule has 0 saturated heterocycles. The van der Waals surface area contributed by atoms with Crippen LogP contribution in [0.25, 0.3) is 11.3 Å². The van der Waals surface area contributed by atoms with Gasteiger partial charge >= 0.3 is 5.97 Å². The zero-order chi connectivity index (χ0) is 12.4. The zero-order valence-corrected chi connectivity index (χ0v) is 9.84. The topological polar surface area (TPSA) is 55.1 Å². The minimum atomic E-state index is -0.993. The molecule has 88 valence electrons. The third-order valence-electron chi connectivity index (χ3n) is 2.72. The number of aromatic nitrogens is 2. The molecule has 0 aliphatic rings. The number of nitrogens with zero attached hydrogens (tertiary/aromatic N) is 2. The number of aryl methyl sites for hydroxylation is 2. The maximum Gasteiger partial charge on any atom is 0.356 e. The van der Waals surface area contributed by atoms with E-state index in [4.69, 9.17) is 5.11 Å². The van der Waals surface area contributed by atoms with Crippen molar-refractivity contribution in [3.05, 3.63) is 41.6 Å². The molecule has 1 N–H and O–H groups in total. The van der Waals surface area contributed by atoms with Crippen LogP contribution < -0.4 is 0 Å². The summed E-state index contributed by atoms with van der Waals surface area (Å²) in [5, 5.41) is 13.0. The molecular weight excluding hydrogens is 216 g/mol. The summed E-state index contributed by atoms with van der Waals surface area (Å²) in [6.45, 7) is 4.60. The zero-order valence-electron chi connectivity index (χ0n) is 9.84. The van der Waals surface area contributed by atoms with Crippen molar-refractivity contribution >= 4 is 5.97 Å². The highest BCUT2D eigenvalue weighted by molar-refractivity contribution is 5.87. The predicted octanol–water partition coefficient (Wildman–Crippen LogP) is 2.58. The second kappa shape index (κ2) is 4.41. The fourth-order valence-electron chi connectivity index (χ4n) is 1.84.